The molecule has 1 amide bonds. The van der Waals surface area contributed by atoms with Crippen molar-refractivity contribution in [2.24, 2.45) is 0 Å². The Balaban J connectivity index is 2.35. The molecule has 0 aliphatic carbocycles. The fourth-order valence-corrected chi connectivity index (χ4v) is 1.17. The van der Waals surface area contributed by atoms with Gasteiger partial charge in [-0.1, -0.05) is 6.92 Å². The standard InChI is InChI=1S/C12H15F2NO3/c1-2-12(17)15-6-8(16)7-18-9-3-4-10(13)11(14)5-9/h3-5,8,16H,2,6-7H2,1H3,(H,15,17). The molecule has 0 spiro atoms. The van der Waals surface area contributed by atoms with Crippen LogP contribution in [0.1, 0.15) is 13.3 Å². The molecular weight excluding hydrogens is 244 g/mol. The number of hydrogen-bond acceptors (Lipinski definition) is 3. The van der Waals surface area contributed by atoms with Gasteiger partial charge in [0.2, 0.25) is 5.91 Å². The van der Waals surface area contributed by atoms with Crippen molar-refractivity contribution in [2.75, 3.05) is 13.2 Å². The number of benzene rings is 1. The topological polar surface area (TPSA) is 58.6 Å². The maximum Gasteiger partial charge on any atom is 0.219 e. The number of aliphatic hydroxyl groups is 1. The summed E-state index contributed by atoms with van der Waals surface area (Å²) in [5.41, 5.74) is 0. The third-order valence-corrected chi connectivity index (χ3v) is 2.19. The maximum atomic E-state index is 12.8. The molecule has 100 valence electrons. The zero-order valence-corrected chi connectivity index (χ0v) is 9.95. The second kappa shape index (κ2) is 6.90. The highest BCUT2D eigenvalue weighted by Gasteiger charge is 2.08. The first-order chi connectivity index (χ1) is 8.52. The van der Waals surface area contributed by atoms with Crippen LogP contribution in [0.4, 0.5) is 8.78 Å². The molecule has 0 aliphatic heterocycles. The lowest BCUT2D eigenvalue weighted by molar-refractivity contribution is -0.121. The van der Waals surface area contributed by atoms with Gasteiger partial charge in [-0.05, 0) is 12.1 Å². The monoisotopic (exact) mass is 259 g/mol. The highest BCUT2D eigenvalue weighted by molar-refractivity contribution is 5.75. The Morgan fingerprint density at radius 2 is 2.17 bits per heavy atom. The van der Waals surface area contributed by atoms with Gasteiger partial charge in [0.25, 0.3) is 0 Å². The van der Waals surface area contributed by atoms with E-state index in [2.05, 4.69) is 5.32 Å². The van der Waals surface area contributed by atoms with Crippen LogP contribution in [0.2, 0.25) is 0 Å². The van der Waals surface area contributed by atoms with E-state index in [4.69, 9.17) is 4.74 Å². The van der Waals surface area contributed by atoms with E-state index < -0.39 is 17.7 Å². The Hall–Kier alpha value is -1.69. The van der Waals surface area contributed by atoms with Crippen molar-refractivity contribution in [1.82, 2.24) is 5.32 Å². The first kappa shape index (κ1) is 14.4. The number of aliphatic hydroxyl groups excluding tert-OH is 1. The SMILES string of the molecule is CCC(=O)NCC(O)COc1ccc(F)c(F)c1. The molecule has 1 rings (SSSR count). The summed E-state index contributed by atoms with van der Waals surface area (Å²) in [5, 5.41) is 12.0. The van der Waals surface area contributed by atoms with Crippen LogP contribution in [-0.4, -0.2) is 30.3 Å². The Kier molecular flexibility index (Phi) is 5.51. The number of nitrogens with one attached hydrogen (secondary N) is 1. The number of carbonyl (C=O) groups is 1. The molecule has 1 unspecified atom stereocenters. The highest BCUT2D eigenvalue weighted by atomic mass is 19.2. The van der Waals surface area contributed by atoms with E-state index in [1.165, 1.54) is 6.07 Å². The van der Waals surface area contributed by atoms with Gasteiger partial charge in [0, 0.05) is 19.0 Å². The van der Waals surface area contributed by atoms with E-state index in [0.717, 1.165) is 12.1 Å². The number of hydrogen-bond donors (Lipinski definition) is 2. The molecule has 18 heavy (non-hydrogen) atoms. The molecule has 2 N–H and O–H groups in total. The molecule has 0 bridgehead atoms. The van der Waals surface area contributed by atoms with Crippen molar-refractivity contribution in [2.45, 2.75) is 19.4 Å². The summed E-state index contributed by atoms with van der Waals surface area (Å²) in [6.07, 6.45) is -0.579. The smallest absolute Gasteiger partial charge is 0.219 e. The first-order valence-corrected chi connectivity index (χ1v) is 5.55. The van der Waals surface area contributed by atoms with Gasteiger partial charge in [-0.2, -0.15) is 0 Å². The van der Waals surface area contributed by atoms with Crippen molar-refractivity contribution in [3.05, 3.63) is 29.8 Å². The number of ether oxygens (including phenoxy) is 1. The van der Waals surface area contributed by atoms with Crippen molar-refractivity contribution < 1.29 is 23.4 Å². The average molecular weight is 259 g/mol. The highest BCUT2D eigenvalue weighted by Crippen LogP contribution is 2.15. The number of rotatable bonds is 6. The molecular formula is C12H15F2NO3. The van der Waals surface area contributed by atoms with Crippen LogP contribution in [-0.2, 0) is 4.79 Å². The summed E-state index contributed by atoms with van der Waals surface area (Å²) in [7, 11) is 0. The molecule has 0 saturated heterocycles. The minimum Gasteiger partial charge on any atom is -0.491 e. The summed E-state index contributed by atoms with van der Waals surface area (Å²) in [4.78, 5) is 10.9. The average Bonchev–Trinajstić information content (AvgIpc) is 2.37. The quantitative estimate of drug-likeness (QED) is 0.808. The van der Waals surface area contributed by atoms with E-state index in [0.29, 0.717) is 6.42 Å². The Bertz CT molecular complexity index is 412. The van der Waals surface area contributed by atoms with Crippen LogP contribution < -0.4 is 10.1 Å². The molecule has 4 nitrogen and oxygen atoms in total. The van der Waals surface area contributed by atoms with Gasteiger partial charge in [-0.3, -0.25) is 4.79 Å². The lowest BCUT2D eigenvalue weighted by Gasteiger charge is -2.13. The molecule has 0 aliphatic rings. The van der Waals surface area contributed by atoms with Gasteiger partial charge in [-0.25, -0.2) is 8.78 Å². The van der Waals surface area contributed by atoms with Crippen molar-refractivity contribution >= 4 is 5.91 Å². The van der Waals surface area contributed by atoms with E-state index in [1.54, 1.807) is 6.92 Å². The largest absolute Gasteiger partial charge is 0.491 e. The normalized spacial score (nSPS) is 12.0. The van der Waals surface area contributed by atoms with Crippen molar-refractivity contribution in [1.29, 1.82) is 0 Å². The van der Waals surface area contributed by atoms with Crippen LogP contribution >= 0.6 is 0 Å². The predicted molar refractivity (Wildman–Crippen MR) is 61.2 cm³/mol. The minimum atomic E-state index is -1.01. The second-order valence-corrected chi connectivity index (χ2v) is 3.70. The number of amides is 1. The fraction of sp³-hybridized carbons (Fsp3) is 0.417. The van der Waals surface area contributed by atoms with Crippen LogP contribution in [0.25, 0.3) is 0 Å². The summed E-state index contributed by atoms with van der Waals surface area (Å²) in [6, 6.07) is 3.10. The van der Waals surface area contributed by atoms with Crippen LogP contribution in [0.3, 0.4) is 0 Å². The van der Waals surface area contributed by atoms with Gasteiger partial charge in [0.1, 0.15) is 18.5 Å². The zero-order valence-electron chi connectivity index (χ0n) is 9.95. The Morgan fingerprint density at radius 3 is 2.78 bits per heavy atom. The Morgan fingerprint density at radius 1 is 1.44 bits per heavy atom. The molecule has 6 heteroatoms. The zero-order chi connectivity index (χ0) is 13.5. The second-order valence-electron chi connectivity index (χ2n) is 3.70. The number of halogens is 2. The van der Waals surface area contributed by atoms with Gasteiger partial charge < -0.3 is 15.2 Å². The molecule has 0 saturated carbocycles. The number of carbonyl (C=O) groups excluding carboxylic acids is 1. The van der Waals surface area contributed by atoms with Crippen molar-refractivity contribution in [3.63, 3.8) is 0 Å². The van der Waals surface area contributed by atoms with E-state index in [1.807, 2.05) is 0 Å². The molecule has 0 fully saturated rings. The molecule has 1 aromatic rings. The summed E-state index contributed by atoms with van der Waals surface area (Å²) in [5.74, 6) is -2.03. The minimum absolute atomic E-state index is 0.0519. The van der Waals surface area contributed by atoms with E-state index >= 15 is 0 Å². The maximum absolute atomic E-state index is 12.8. The molecule has 0 heterocycles. The van der Waals surface area contributed by atoms with Crippen molar-refractivity contribution in [3.8, 4) is 5.75 Å². The summed E-state index contributed by atoms with van der Waals surface area (Å²) >= 11 is 0. The Labute approximate surface area is 104 Å². The van der Waals surface area contributed by atoms with Gasteiger partial charge in [0.05, 0.1) is 0 Å². The fourth-order valence-electron chi connectivity index (χ4n) is 1.17. The summed E-state index contributed by atoms with van der Waals surface area (Å²) < 4.78 is 30.5. The predicted octanol–water partition coefficient (Wildman–Crippen LogP) is 1.23. The van der Waals surface area contributed by atoms with Crippen LogP contribution in [0, 0.1) is 11.6 Å². The lowest BCUT2D eigenvalue weighted by Crippen LogP contribution is -2.34. The summed E-state index contributed by atoms with van der Waals surface area (Å²) in [6.45, 7) is 1.63. The molecule has 1 atom stereocenters. The lowest BCUT2D eigenvalue weighted by atomic mass is 10.3. The molecule has 0 aromatic heterocycles. The molecule has 1 aromatic carbocycles. The third-order valence-electron chi connectivity index (χ3n) is 2.19. The first-order valence-electron chi connectivity index (χ1n) is 5.55. The van der Waals surface area contributed by atoms with Crippen LogP contribution in [0.15, 0.2) is 18.2 Å². The van der Waals surface area contributed by atoms with Gasteiger partial charge in [-0.15, -0.1) is 0 Å². The molecule has 0 radical (unpaired) electrons. The van der Waals surface area contributed by atoms with Gasteiger partial charge in [0.15, 0.2) is 11.6 Å². The van der Waals surface area contributed by atoms with E-state index in [-0.39, 0.29) is 24.8 Å². The third kappa shape index (κ3) is 4.67. The van der Waals surface area contributed by atoms with E-state index in [9.17, 15) is 18.7 Å². The van der Waals surface area contributed by atoms with Crippen LogP contribution in [0.5, 0.6) is 5.75 Å². The van der Waals surface area contributed by atoms with Gasteiger partial charge >= 0.3 is 0 Å².